The first-order chi connectivity index (χ1) is 15.7. The molecule has 0 aliphatic heterocycles. The fraction of sp³-hybridized carbons (Fsp3) is 0.429. The number of hydrogen-bond acceptors (Lipinski definition) is 2. The van der Waals surface area contributed by atoms with Gasteiger partial charge in [0.1, 0.15) is 5.82 Å². The molecule has 2 aliphatic rings. The predicted octanol–water partition coefficient (Wildman–Crippen LogP) is 7.60. The molecule has 0 radical (unpaired) electrons. The SMILES string of the molecule is CC(C(=O)Nc1ccc(Cl)cc1)C1C[C@@]2(C)C[C@@H](c3ccnc4ccc(F)cc34)C[C@@]2(C)C1. The summed E-state index contributed by atoms with van der Waals surface area (Å²) >= 11 is 5.96. The zero-order chi connectivity index (χ0) is 23.4. The molecule has 3 nitrogen and oxygen atoms in total. The van der Waals surface area contributed by atoms with Gasteiger partial charge in [0.05, 0.1) is 5.52 Å². The summed E-state index contributed by atoms with van der Waals surface area (Å²) in [6.45, 7) is 6.84. The van der Waals surface area contributed by atoms with Crippen molar-refractivity contribution in [2.45, 2.75) is 52.4 Å². The molecular formula is C28H30ClFN2O. The van der Waals surface area contributed by atoms with E-state index in [9.17, 15) is 9.18 Å². The van der Waals surface area contributed by atoms with E-state index < -0.39 is 0 Å². The van der Waals surface area contributed by atoms with Crippen molar-refractivity contribution in [2.24, 2.45) is 22.7 Å². The van der Waals surface area contributed by atoms with Gasteiger partial charge >= 0.3 is 0 Å². The van der Waals surface area contributed by atoms with Crippen LogP contribution in [0.25, 0.3) is 10.9 Å². The van der Waals surface area contributed by atoms with Crippen LogP contribution in [0.4, 0.5) is 10.1 Å². The first-order valence-corrected chi connectivity index (χ1v) is 12.2. The molecule has 1 N–H and O–H groups in total. The third-order valence-electron chi connectivity index (χ3n) is 8.69. The normalized spacial score (nSPS) is 29.7. The molecule has 0 saturated heterocycles. The molecule has 3 aromatic rings. The maximum atomic E-state index is 14.0. The van der Waals surface area contributed by atoms with Gasteiger partial charge in [-0.3, -0.25) is 9.78 Å². The van der Waals surface area contributed by atoms with Crippen molar-refractivity contribution < 1.29 is 9.18 Å². The number of anilines is 1. The van der Waals surface area contributed by atoms with Gasteiger partial charge < -0.3 is 5.32 Å². The summed E-state index contributed by atoms with van der Waals surface area (Å²) in [7, 11) is 0. The second kappa shape index (κ2) is 8.09. The summed E-state index contributed by atoms with van der Waals surface area (Å²) in [5.41, 5.74) is 3.15. The summed E-state index contributed by atoms with van der Waals surface area (Å²) in [5.74, 6) is 0.523. The number of halogens is 2. The van der Waals surface area contributed by atoms with E-state index >= 15 is 0 Å². The summed E-state index contributed by atoms with van der Waals surface area (Å²) in [4.78, 5) is 17.4. The lowest BCUT2D eigenvalue weighted by molar-refractivity contribution is -0.121. The molecule has 1 heterocycles. The van der Waals surface area contributed by atoms with Crippen molar-refractivity contribution in [3.63, 3.8) is 0 Å². The van der Waals surface area contributed by atoms with E-state index in [1.54, 1.807) is 24.3 Å². The van der Waals surface area contributed by atoms with Crippen LogP contribution < -0.4 is 5.32 Å². The average molecular weight is 465 g/mol. The van der Waals surface area contributed by atoms with E-state index in [-0.39, 0.29) is 28.5 Å². The standard InChI is InChI=1S/C28H30ClFN2O/c1-17(26(33)32-22-7-4-20(29)5-8-22)18-13-27(2)15-19(16-28(27,3)14-18)23-10-11-31-25-9-6-21(30)12-24(23)25/h4-12,17-19H,13-16H2,1-3H3,(H,32,33)/t17?,18?,19-,27+,28-. The first-order valence-electron chi connectivity index (χ1n) is 11.8. The van der Waals surface area contributed by atoms with Crippen LogP contribution >= 0.6 is 11.6 Å². The highest BCUT2D eigenvalue weighted by molar-refractivity contribution is 6.30. The Labute approximate surface area is 199 Å². The second-order valence-corrected chi connectivity index (χ2v) is 11.2. The average Bonchev–Trinajstić information content (AvgIpc) is 3.18. The summed E-state index contributed by atoms with van der Waals surface area (Å²) in [5, 5.41) is 4.65. The predicted molar refractivity (Wildman–Crippen MR) is 132 cm³/mol. The summed E-state index contributed by atoms with van der Waals surface area (Å²) in [6, 6.07) is 14.2. The smallest absolute Gasteiger partial charge is 0.227 e. The van der Waals surface area contributed by atoms with Crippen LogP contribution in [-0.4, -0.2) is 10.9 Å². The van der Waals surface area contributed by atoms with Crippen molar-refractivity contribution in [1.82, 2.24) is 4.98 Å². The lowest BCUT2D eigenvalue weighted by atomic mass is 9.71. The van der Waals surface area contributed by atoms with E-state index in [4.69, 9.17) is 11.6 Å². The van der Waals surface area contributed by atoms with Gasteiger partial charge in [0.15, 0.2) is 0 Å². The number of carbonyl (C=O) groups excluding carboxylic acids is 1. The Morgan fingerprint density at radius 3 is 2.39 bits per heavy atom. The quantitative estimate of drug-likeness (QED) is 0.431. The number of nitrogens with one attached hydrogen (secondary N) is 1. The Balaban J connectivity index is 1.33. The zero-order valence-electron chi connectivity index (χ0n) is 19.4. The number of aromatic nitrogens is 1. The van der Waals surface area contributed by atoms with Gasteiger partial charge in [-0.2, -0.15) is 0 Å². The minimum Gasteiger partial charge on any atom is -0.326 e. The van der Waals surface area contributed by atoms with Crippen LogP contribution in [0.3, 0.4) is 0 Å². The molecule has 0 spiro atoms. The number of benzene rings is 2. The molecule has 2 saturated carbocycles. The lowest BCUT2D eigenvalue weighted by Crippen LogP contribution is -2.27. The maximum absolute atomic E-state index is 14.0. The zero-order valence-corrected chi connectivity index (χ0v) is 20.1. The number of amides is 1. The number of nitrogens with zero attached hydrogens (tertiary/aromatic N) is 1. The van der Waals surface area contributed by atoms with Crippen molar-refractivity contribution in [3.8, 4) is 0 Å². The fourth-order valence-electron chi connectivity index (χ4n) is 6.61. The summed E-state index contributed by atoms with van der Waals surface area (Å²) in [6.07, 6.45) is 6.03. The number of hydrogen-bond donors (Lipinski definition) is 1. The van der Waals surface area contributed by atoms with Crippen LogP contribution in [0.5, 0.6) is 0 Å². The maximum Gasteiger partial charge on any atom is 0.227 e. The molecule has 2 unspecified atom stereocenters. The number of pyridine rings is 1. The van der Waals surface area contributed by atoms with Gasteiger partial charge in [0, 0.05) is 28.2 Å². The molecule has 2 aromatic carbocycles. The van der Waals surface area contributed by atoms with Crippen LogP contribution in [-0.2, 0) is 4.79 Å². The monoisotopic (exact) mass is 464 g/mol. The number of carbonyl (C=O) groups is 1. The van der Waals surface area contributed by atoms with E-state index in [0.717, 1.165) is 42.3 Å². The van der Waals surface area contributed by atoms with Crippen molar-refractivity contribution in [1.29, 1.82) is 0 Å². The molecule has 5 heteroatoms. The molecule has 2 aliphatic carbocycles. The third kappa shape index (κ3) is 3.93. The van der Waals surface area contributed by atoms with Gasteiger partial charge in [-0.05, 0) is 102 Å². The van der Waals surface area contributed by atoms with E-state index in [1.165, 1.54) is 11.6 Å². The first kappa shape index (κ1) is 22.3. The Bertz CT molecular complexity index is 1190. The van der Waals surface area contributed by atoms with Crippen molar-refractivity contribution in [3.05, 3.63) is 71.1 Å². The molecule has 1 amide bonds. The Morgan fingerprint density at radius 2 is 1.73 bits per heavy atom. The fourth-order valence-corrected chi connectivity index (χ4v) is 6.74. The van der Waals surface area contributed by atoms with Gasteiger partial charge in [-0.1, -0.05) is 32.4 Å². The minimum atomic E-state index is -0.215. The van der Waals surface area contributed by atoms with E-state index in [2.05, 4.69) is 37.1 Å². The van der Waals surface area contributed by atoms with Gasteiger partial charge in [-0.25, -0.2) is 4.39 Å². The van der Waals surface area contributed by atoms with Crippen LogP contribution in [0, 0.1) is 28.5 Å². The molecule has 0 bridgehead atoms. The van der Waals surface area contributed by atoms with Crippen LogP contribution in [0.15, 0.2) is 54.7 Å². The highest BCUT2D eigenvalue weighted by Crippen LogP contribution is 2.68. The summed E-state index contributed by atoms with van der Waals surface area (Å²) < 4.78 is 14.0. The van der Waals surface area contributed by atoms with Gasteiger partial charge in [-0.15, -0.1) is 0 Å². The van der Waals surface area contributed by atoms with E-state index in [1.807, 2.05) is 18.3 Å². The molecule has 1 aromatic heterocycles. The number of fused-ring (bicyclic) bond motifs is 2. The largest absolute Gasteiger partial charge is 0.326 e. The topological polar surface area (TPSA) is 42.0 Å². The number of rotatable bonds is 4. The Morgan fingerprint density at radius 1 is 1.06 bits per heavy atom. The minimum absolute atomic E-state index is 0.0609. The van der Waals surface area contributed by atoms with Gasteiger partial charge in [0.25, 0.3) is 0 Å². The third-order valence-corrected chi connectivity index (χ3v) is 8.94. The lowest BCUT2D eigenvalue weighted by Gasteiger charge is -2.34. The molecule has 33 heavy (non-hydrogen) atoms. The molecular weight excluding hydrogens is 435 g/mol. The van der Waals surface area contributed by atoms with Gasteiger partial charge in [0.2, 0.25) is 5.91 Å². The molecule has 5 atom stereocenters. The highest BCUT2D eigenvalue weighted by Gasteiger charge is 2.59. The Hall–Kier alpha value is -2.46. The van der Waals surface area contributed by atoms with Crippen LogP contribution in [0.2, 0.25) is 5.02 Å². The van der Waals surface area contributed by atoms with E-state index in [0.29, 0.717) is 16.9 Å². The van der Waals surface area contributed by atoms with Crippen LogP contribution in [0.1, 0.15) is 57.9 Å². The highest BCUT2D eigenvalue weighted by atomic mass is 35.5. The molecule has 5 rings (SSSR count). The van der Waals surface area contributed by atoms with Crippen molar-refractivity contribution >= 4 is 34.1 Å². The molecule has 2 fully saturated rings. The Kier molecular flexibility index (Phi) is 5.48. The molecule has 172 valence electrons. The van der Waals surface area contributed by atoms with Crippen molar-refractivity contribution in [2.75, 3.05) is 5.32 Å². The second-order valence-electron chi connectivity index (χ2n) is 10.7.